The molecule has 156 valence electrons. The van der Waals surface area contributed by atoms with Crippen molar-refractivity contribution in [1.82, 2.24) is 10.3 Å². The fourth-order valence-corrected chi connectivity index (χ4v) is 3.68. The molecule has 4 rings (SSSR count). The Balaban J connectivity index is 1.34. The molecule has 1 heterocycles. The third-order valence-electron chi connectivity index (χ3n) is 4.50. The van der Waals surface area contributed by atoms with Crippen molar-refractivity contribution in [2.24, 2.45) is 0 Å². The van der Waals surface area contributed by atoms with Gasteiger partial charge < -0.3 is 10.1 Å². The summed E-state index contributed by atoms with van der Waals surface area (Å²) in [4.78, 5) is 16.7. The van der Waals surface area contributed by atoms with Gasteiger partial charge in [-0.1, -0.05) is 24.3 Å². The van der Waals surface area contributed by atoms with E-state index in [4.69, 9.17) is 4.74 Å². The predicted molar refractivity (Wildman–Crippen MR) is 116 cm³/mol. The van der Waals surface area contributed by atoms with Crippen LogP contribution in [0.4, 0.5) is 8.78 Å². The lowest BCUT2D eigenvalue weighted by Gasteiger charge is -2.07. The van der Waals surface area contributed by atoms with Gasteiger partial charge in [-0.25, -0.2) is 13.8 Å². The molecule has 0 bridgehead atoms. The van der Waals surface area contributed by atoms with Crippen LogP contribution in [0.15, 0.2) is 78.2 Å². The van der Waals surface area contributed by atoms with Crippen LogP contribution in [0.25, 0.3) is 10.6 Å². The minimum atomic E-state index is -0.315. The van der Waals surface area contributed by atoms with Crippen LogP contribution in [0, 0.1) is 11.6 Å². The Hall–Kier alpha value is -3.58. The molecule has 1 aromatic heterocycles. The predicted octanol–water partition coefficient (Wildman–Crippen LogP) is 5.60. The highest BCUT2D eigenvalue weighted by Gasteiger charge is 2.12. The topological polar surface area (TPSA) is 51.2 Å². The number of benzene rings is 3. The monoisotopic (exact) mass is 436 g/mol. The molecule has 4 nitrogen and oxygen atoms in total. The quantitative estimate of drug-likeness (QED) is 0.410. The van der Waals surface area contributed by atoms with Gasteiger partial charge in [0.2, 0.25) is 0 Å². The molecule has 0 aliphatic carbocycles. The Labute approximate surface area is 182 Å². The zero-order valence-electron chi connectivity index (χ0n) is 16.3. The minimum absolute atomic E-state index is 0.271. The molecule has 0 fully saturated rings. The Morgan fingerprint density at radius 3 is 2.45 bits per heavy atom. The first-order valence-corrected chi connectivity index (χ1v) is 10.4. The third-order valence-corrected chi connectivity index (χ3v) is 5.39. The standard InChI is InChI=1S/C24H18F2N2O2S/c25-19-8-4-16(5-9-19)13-27-23(29)22-15-31-24(28-22)18-6-10-21(11-7-18)30-14-17-2-1-3-20(26)12-17/h1-12,15H,13-14H2,(H,27,29). The zero-order chi connectivity index (χ0) is 21.6. The number of hydrogen-bond acceptors (Lipinski definition) is 4. The van der Waals surface area contributed by atoms with Crippen molar-refractivity contribution in [1.29, 1.82) is 0 Å². The van der Waals surface area contributed by atoms with E-state index in [-0.39, 0.29) is 24.1 Å². The highest BCUT2D eigenvalue weighted by molar-refractivity contribution is 7.13. The average molecular weight is 436 g/mol. The molecular weight excluding hydrogens is 418 g/mol. The maximum atomic E-state index is 13.2. The van der Waals surface area contributed by atoms with Crippen molar-refractivity contribution in [3.05, 3.63) is 107 Å². The van der Waals surface area contributed by atoms with Crippen LogP contribution in [-0.4, -0.2) is 10.9 Å². The van der Waals surface area contributed by atoms with Gasteiger partial charge in [-0.15, -0.1) is 11.3 Å². The van der Waals surface area contributed by atoms with Crippen molar-refractivity contribution in [3.63, 3.8) is 0 Å². The Morgan fingerprint density at radius 1 is 0.935 bits per heavy atom. The number of hydrogen-bond donors (Lipinski definition) is 1. The second kappa shape index (κ2) is 9.49. The highest BCUT2D eigenvalue weighted by Crippen LogP contribution is 2.26. The first kappa shape index (κ1) is 20.7. The first-order valence-electron chi connectivity index (χ1n) is 9.53. The number of amides is 1. The maximum absolute atomic E-state index is 13.2. The Morgan fingerprint density at radius 2 is 1.71 bits per heavy atom. The molecule has 0 aliphatic rings. The van der Waals surface area contributed by atoms with Crippen molar-refractivity contribution in [3.8, 4) is 16.3 Å². The van der Waals surface area contributed by atoms with E-state index in [2.05, 4.69) is 10.3 Å². The number of ether oxygens (including phenoxy) is 1. The molecule has 1 amide bonds. The van der Waals surface area contributed by atoms with Crippen molar-refractivity contribution in [2.75, 3.05) is 0 Å². The van der Waals surface area contributed by atoms with Crippen LogP contribution in [0.5, 0.6) is 5.75 Å². The number of carbonyl (C=O) groups excluding carboxylic acids is 1. The van der Waals surface area contributed by atoms with Crippen LogP contribution < -0.4 is 10.1 Å². The summed E-state index contributed by atoms with van der Waals surface area (Å²) in [6, 6.07) is 19.6. The molecule has 0 radical (unpaired) electrons. The Kier molecular flexibility index (Phi) is 6.33. The summed E-state index contributed by atoms with van der Waals surface area (Å²) in [5.41, 5.74) is 2.74. The molecule has 0 spiro atoms. The lowest BCUT2D eigenvalue weighted by molar-refractivity contribution is 0.0946. The molecule has 0 atom stereocenters. The summed E-state index contributed by atoms with van der Waals surface area (Å²) in [5.74, 6) is -0.244. The molecule has 0 saturated heterocycles. The second-order valence-corrected chi connectivity index (χ2v) is 7.65. The van der Waals surface area contributed by atoms with E-state index < -0.39 is 0 Å². The number of rotatable bonds is 7. The second-order valence-electron chi connectivity index (χ2n) is 6.79. The van der Waals surface area contributed by atoms with Crippen LogP contribution in [0.2, 0.25) is 0 Å². The fraction of sp³-hybridized carbons (Fsp3) is 0.0833. The summed E-state index contributed by atoms with van der Waals surface area (Å²) < 4.78 is 31.9. The van der Waals surface area contributed by atoms with Crippen LogP contribution >= 0.6 is 11.3 Å². The van der Waals surface area contributed by atoms with E-state index in [1.54, 1.807) is 29.6 Å². The van der Waals surface area contributed by atoms with E-state index >= 15 is 0 Å². The third kappa shape index (κ3) is 5.52. The summed E-state index contributed by atoms with van der Waals surface area (Å²) in [7, 11) is 0. The maximum Gasteiger partial charge on any atom is 0.271 e. The normalized spacial score (nSPS) is 10.6. The summed E-state index contributed by atoms with van der Waals surface area (Å²) in [5, 5.41) is 5.19. The van der Waals surface area contributed by atoms with Gasteiger partial charge in [-0.3, -0.25) is 4.79 Å². The van der Waals surface area contributed by atoms with Gasteiger partial charge in [0.1, 0.15) is 34.7 Å². The molecule has 3 aromatic carbocycles. The number of halogens is 2. The average Bonchev–Trinajstić information content (AvgIpc) is 3.28. The number of nitrogens with zero attached hydrogens (tertiary/aromatic N) is 1. The summed E-state index contributed by atoms with van der Waals surface area (Å²) in [6.07, 6.45) is 0. The van der Waals surface area contributed by atoms with E-state index in [0.717, 1.165) is 16.7 Å². The first-order chi connectivity index (χ1) is 15.1. The van der Waals surface area contributed by atoms with E-state index in [1.165, 1.54) is 35.6 Å². The van der Waals surface area contributed by atoms with Gasteiger partial charge in [0.15, 0.2) is 0 Å². The van der Waals surface area contributed by atoms with Crippen molar-refractivity contribution in [2.45, 2.75) is 13.2 Å². The van der Waals surface area contributed by atoms with Crippen LogP contribution in [0.1, 0.15) is 21.6 Å². The Bertz CT molecular complexity index is 1170. The van der Waals surface area contributed by atoms with Gasteiger partial charge in [0.25, 0.3) is 5.91 Å². The SMILES string of the molecule is O=C(NCc1ccc(F)cc1)c1csc(-c2ccc(OCc3cccc(F)c3)cc2)n1. The smallest absolute Gasteiger partial charge is 0.271 e. The van der Waals surface area contributed by atoms with Gasteiger partial charge in [0, 0.05) is 17.5 Å². The van der Waals surface area contributed by atoms with Gasteiger partial charge in [-0.05, 0) is 59.7 Å². The summed E-state index contributed by atoms with van der Waals surface area (Å²) >= 11 is 1.37. The van der Waals surface area contributed by atoms with E-state index in [1.807, 2.05) is 24.3 Å². The fourth-order valence-electron chi connectivity index (χ4n) is 2.87. The molecule has 31 heavy (non-hydrogen) atoms. The number of carbonyl (C=O) groups is 1. The van der Waals surface area contributed by atoms with Crippen molar-refractivity contribution < 1.29 is 18.3 Å². The van der Waals surface area contributed by atoms with Gasteiger partial charge >= 0.3 is 0 Å². The van der Waals surface area contributed by atoms with Crippen molar-refractivity contribution >= 4 is 17.2 Å². The summed E-state index contributed by atoms with van der Waals surface area (Å²) in [6.45, 7) is 0.566. The lowest BCUT2D eigenvalue weighted by atomic mass is 10.2. The van der Waals surface area contributed by atoms with Gasteiger partial charge in [-0.2, -0.15) is 0 Å². The molecule has 0 unspecified atom stereocenters. The molecule has 0 aliphatic heterocycles. The van der Waals surface area contributed by atoms with E-state index in [9.17, 15) is 13.6 Å². The number of thiazole rings is 1. The lowest BCUT2D eigenvalue weighted by Crippen LogP contribution is -2.23. The van der Waals surface area contributed by atoms with Gasteiger partial charge in [0.05, 0.1) is 0 Å². The van der Waals surface area contributed by atoms with Crippen LogP contribution in [0.3, 0.4) is 0 Å². The molecule has 1 N–H and O–H groups in total. The molecule has 4 aromatic rings. The van der Waals surface area contributed by atoms with Crippen LogP contribution in [-0.2, 0) is 13.2 Å². The molecule has 7 heteroatoms. The number of aromatic nitrogens is 1. The highest BCUT2D eigenvalue weighted by atomic mass is 32.1. The number of nitrogens with one attached hydrogen (secondary N) is 1. The molecule has 0 saturated carbocycles. The van der Waals surface area contributed by atoms with E-state index in [0.29, 0.717) is 23.0 Å². The molecular formula is C24H18F2N2O2S. The minimum Gasteiger partial charge on any atom is -0.489 e. The zero-order valence-corrected chi connectivity index (χ0v) is 17.2. The largest absolute Gasteiger partial charge is 0.489 e.